The number of hydrogen-bond donors (Lipinski definition) is 3. The van der Waals surface area contributed by atoms with Crippen LogP contribution in [0.4, 0.5) is 11.4 Å². The molecule has 0 radical (unpaired) electrons. The van der Waals surface area contributed by atoms with Crippen molar-refractivity contribution >= 4 is 56.6 Å². The van der Waals surface area contributed by atoms with E-state index in [4.69, 9.17) is 17.3 Å². The lowest BCUT2D eigenvalue weighted by Crippen LogP contribution is -2.46. The number of nitrogens with two attached hydrogens (primary N) is 1. The summed E-state index contributed by atoms with van der Waals surface area (Å²) in [4.78, 5) is 41.0. The van der Waals surface area contributed by atoms with Gasteiger partial charge in [0.2, 0.25) is 5.91 Å². The second kappa shape index (κ2) is 9.84. The molecule has 3 amide bonds. The number of fused-ring (bicyclic) bond motifs is 1. The van der Waals surface area contributed by atoms with Crippen molar-refractivity contribution in [2.24, 2.45) is 5.73 Å². The largest absolute Gasteiger partial charge is 0.368 e. The van der Waals surface area contributed by atoms with Crippen molar-refractivity contribution < 1.29 is 14.4 Å². The molecule has 9 heteroatoms. The van der Waals surface area contributed by atoms with E-state index in [-0.39, 0.29) is 11.8 Å². The molecular weight excluding hydrogens is 556 g/mol. The first-order chi connectivity index (χ1) is 17.7. The Bertz CT molecular complexity index is 1430. The van der Waals surface area contributed by atoms with Gasteiger partial charge in [0, 0.05) is 39.4 Å². The molecule has 7 nitrogen and oxygen atoms in total. The number of anilines is 2. The Hall–Kier alpha value is -3.36. The van der Waals surface area contributed by atoms with Gasteiger partial charge in [0.25, 0.3) is 11.8 Å². The van der Waals surface area contributed by atoms with Crippen LogP contribution in [0.3, 0.4) is 0 Å². The molecule has 1 unspecified atom stereocenters. The SMILES string of the molecule is Cc1ccccc1C[C@@]1(Nc2cc(Br)ccc2C(=O)N2CCCC2C(N)=O)C(=O)Nc2cc(Cl)ccc21. The molecule has 2 atom stereocenters. The summed E-state index contributed by atoms with van der Waals surface area (Å²) < 4.78 is 0.736. The second-order valence-corrected chi connectivity index (χ2v) is 10.9. The maximum absolute atomic E-state index is 13.8. The van der Waals surface area contributed by atoms with Gasteiger partial charge >= 0.3 is 0 Å². The topological polar surface area (TPSA) is 105 Å². The number of halogens is 2. The average molecular weight is 582 g/mol. The molecule has 1 saturated heterocycles. The van der Waals surface area contributed by atoms with Gasteiger partial charge < -0.3 is 21.3 Å². The fraction of sp³-hybridized carbons (Fsp3) is 0.250. The van der Waals surface area contributed by atoms with Crippen LogP contribution in [0, 0.1) is 6.92 Å². The maximum atomic E-state index is 13.8. The molecule has 2 aliphatic rings. The van der Waals surface area contributed by atoms with E-state index in [1.165, 1.54) is 4.90 Å². The van der Waals surface area contributed by atoms with Crippen molar-refractivity contribution in [3.05, 3.63) is 92.4 Å². The van der Waals surface area contributed by atoms with Gasteiger partial charge in [0.05, 0.1) is 5.56 Å². The fourth-order valence-corrected chi connectivity index (χ4v) is 5.81. The molecule has 3 aromatic carbocycles. The van der Waals surface area contributed by atoms with Crippen LogP contribution in [-0.4, -0.2) is 35.2 Å². The summed E-state index contributed by atoms with van der Waals surface area (Å²) in [5, 5.41) is 6.95. The molecule has 3 aromatic rings. The van der Waals surface area contributed by atoms with Crippen LogP contribution in [0.1, 0.15) is 39.9 Å². The Labute approximate surface area is 228 Å². The van der Waals surface area contributed by atoms with E-state index in [2.05, 4.69) is 26.6 Å². The van der Waals surface area contributed by atoms with Gasteiger partial charge in [0.15, 0.2) is 0 Å². The quantitative estimate of drug-likeness (QED) is 0.381. The molecule has 5 rings (SSSR count). The van der Waals surface area contributed by atoms with Crippen LogP contribution in [0.5, 0.6) is 0 Å². The molecule has 0 aromatic heterocycles. The number of likely N-dealkylation sites (tertiary alicyclic amines) is 1. The summed E-state index contributed by atoms with van der Waals surface area (Å²) in [6, 6.07) is 17.8. The van der Waals surface area contributed by atoms with Gasteiger partial charge in [-0.2, -0.15) is 0 Å². The third-order valence-electron chi connectivity index (χ3n) is 7.20. The van der Waals surface area contributed by atoms with Gasteiger partial charge in [-0.05, 0) is 61.2 Å². The summed E-state index contributed by atoms with van der Waals surface area (Å²) in [5.41, 5.74) is 8.59. The van der Waals surface area contributed by atoms with Gasteiger partial charge in [-0.3, -0.25) is 14.4 Å². The number of carbonyl (C=O) groups is 3. The number of benzene rings is 3. The van der Waals surface area contributed by atoms with Crippen molar-refractivity contribution in [2.45, 2.75) is 37.8 Å². The highest BCUT2D eigenvalue weighted by atomic mass is 79.9. The number of nitrogens with zero attached hydrogens (tertiary/aromatic N) is 1. The molecule has 0 bridgehead atoms. The van der Waals surface area contributed by atoms with Crippen LogP contribution >= 0.6 is 27.5 Å². The summed E-state index contributed by atoms with van der Waals surface area (Å²) in [6.07, 6.45) is 1.58. The minimum absolute atomic E-state index is 0.248. The Balaban J connectivity index is 1.63. The number of nitrogens with one attached hydrogen (secondary N) is 2. The van der Waals surface area contributed by atoms with E-state index in [1.54, 1.807) is 30.3 Å². The Morgan fingerprint density at radius 2 is 1.97 bits per heavy atom. The minimum atomic E-state index is -1.21. The molecule has 0 aliphatic carbocycles. The molecule has 0 saturated carbocycles. The van der Waals surface area contributed by atoms with Crippen LogP contribution in [0.2, 0.25) is 5.02 Å². The third-order valence-corrected chi connectivity index (χ3v) is 7.92. The lowest BCUT2D eigenvalue weighted by atomic mass is 9.83. The fourth-order valence-electron chi connectivity index (χ4n) is 5.28. The van der Waals surface area contributed by atoms with Gasteiger partial charge in [-0.15, -0.1) is 0 Å². The molecule has 2 aliphatic heterocycles. The zero-order chi connectivity index (χ0) is 26.3. The molecule has 37 heavy (non-hydrogen) atoms. The first kappa shape index (κ1) is 25.3. The minimum Gasteiger partial charge on any atom is -0.368 e. The molecule has 4 N–H and O–H groups in total. The standard InChI is InChI=1S/C28H26BrClN4O3/c1-16-5-2-3-6-17(16)15-28(21-11-9-19(30)14-23(21)32-27(28)37)33-22-13-18(29)8-10-20(22)26(36)34-12-4-7-24(34)25(31)35/h2-3,5-6,8-11,13-14,24,33H,4,7,12,15H2,1H3,(H2,31,35)(H,32,37)/t24?,28-/m0/s1. The smallest absolute Gasteiger partial charge is 0.256 e. The predicted octanol–water partition coefficient (Wildman–Crippen LogP) is 5.00. The highest BCUT2D eigenvalue weighted by Crippen LogP contribution is 2.43. The summed E-state index contributed by atoms with van der Waals surface area (Å²) in [6.45, 7) is 2.45. The Morgan fingerprint density at radius 1 is 1.19 bits per heavy atom. The van der Waals surface area contributed by atoms with Crippen LogP contribution in [0.15, 0.2) is 65.1 Å². The second-order valence-electron chi connectivity index (χ2n) is 9.53. The zero-order valence-corrected chi connectivity index (χ0v) is 22.5. The van der Waals surface area contributed by atoms with Crippen molar-refractivity contribution in [1.82, 2.24) is 4.90 Å². The summed E-state index contributed by atoms with van der Waals surface area (Å²) >= 11 is 9.75. The van der Waals surface area contributed by atoms with Gasteiger partial charge in [-0.25, -0.2) is 0 Å². The van der Waals surface area contributed by atoms with Crippen molar-refractivity contribution in [2.75, 3.05) is 17.2 Å². The Kier molecular flexibility index (Phi) is 6.72. The average Bonchev–Trinajstić information content (AvgIpc) is 3.44. The van der Waals surface area contributed by atoms with E-state index in [1.807, 2.05) is 37.3 Å². The number of carbonyl (C=O) groups excluding carboxylic acids is 3. The van der Waals surface area contributed by atoms with E-state index in [0.717, 1.165) is 21.2 Å². The molecular formula is C28H26BrClN4O3. The summed E-state index contributed by atoms with van der Waals surface area (Å²) in [5.74, 6) is -1.07. The van der Waals surface area contributed by atoms with Crippen LogP contribution in [-0.2, 0) is 21.5 Å². The van der Waals surface area contributed by atoms with E-state index >= 15 is 0 Å². The monoisotopic (exact) mass is 580 g/mol. The van der Waals surface area contributed by atoms with E-state index in [9.17, 15) is 14.4 Å². The number of amides is 3. The number of primary amides is 1. The van der Waals surface area contributed by atoms with E-state index in [0.29, 0.717) is 47.8 Å². The number of rotatable bonds is 6. The first-order valence-corrected chi connectivity index (χ1v) is 13.2. The number of aryl methyl sites for hydroxylation is 1. The predicted molar refractivity (Wildman–Crippen MR) is 148 cm³/mol. The first-order valence-electron chi connectivity index (χ1n) is 12.0. The molecule has 0 spiro atoms. The lowest BCUT2D eigenvalue weighted by molar-refractivity contribution is -0.121. The normalized spacial score (nSPS) is 20.5. The van der Waals surface area contributed by atoms with Crippen molar-refractivity contribution in [3.8, 4) is 0 Å². The highest BCUT2D eigenvalue weighted by molar-refractivity contribution is 9.10. The summed E-state index contributed by atoms with van der Waals surface area (Å²) in [7, 11) is 0. The number of hydrogen-bond acceptors (Lipinski definition) is 4. The maximum Gasteiger partial charge on any atom is 0.256 e. The van der Waals surface area contributed by atoms with Crippen LogP contribution in [0.25, 0.3) is 0 Å². The van der Waals surface area contributed by atoms with Gasteiger partial charge in [0.1, 0.15) is 11.6 Å². The zero-order valence-electron chi connectivity index (χ0n) is 20.2. The van der Waals surface area contributed by atoms with Gasteiger partial charge in [-0.1, -0.05) is 57.9 Å². The van der Waals surface area contributed by atoms with Crippen LogP contribution < -0.4 is 16.4 Å². The highest BCUT2D eigenvalue weighted by Gasteiger charge is 2.48. The van der Waals surface area contributed by atoms with Crippen molar-refractivity contribution in [1.29, 1.82) is 0 Å². The van der Waals surface area contributed by atoms with E-state index < -0.39 is 17.5 Å². The molecule has 190 valence electrons. The van der Waals surface area contributed by atoms with Crippen molar-refractivity contribution in [3.63, 3.8) is 0 Å². The lowest BCUT2D eigenvalue weighted by Gasteiger charge is -2.32. The third kappa shape index (κ3) is 4.60. The molecule has 1 fully saturated rings. The Morgan fingerprint density at radius 3 is 2.73 bits per heavy atom. The molecule has 2 heterocycles.